The summed E-state index contributed by atoms with van der Waals surface area (Å²) in [5, 5.41) is 6.83. The number of sulfone groups is 1. The van der Waals surface area contributed by atoms with E-state index in [1.54, 1.807) is 0 Å². The molecule has 7 heteroatoms. The Morgan fingerprint density at radius 1 is 1.36 bits per heavy atom. The van der Waals surface area contributed by atoms with Gasteiger partial charge in [0.05, 0.1) is 11.9 Å². The van der Waals surface area contributed by atoms with Gasteiger partial charge < -0.3 is 15.4 Å². The fourth-order valence-corrected chi connectivity index (χ4v) is 3.72. The van der Waals surface area contributed by atoms with E-state index in [0.29, 0.717) is 19.0 Å². The molecule has 0 aromatic heterocycles. The average molecular weight is 376 g/mol. The minimum Gasteiger partial charge on any atom is -0.378 e. The van der Waals surface area contributed by atoms with E-state index >= 15 is 0 Å². The Bertz CT molecular complexity index is 532. The molecule has 0 spiro atoms. The first kappa shape index (κ1) is 22.2. The van der Waals surface area contributed by atoms with Gasteiger partial charge in [0.2, 0.25) is 0 Å². The van der Waals surface area contributed by atoms with Gasteiger partial charge in [0.15, 0.2) is 5.96 Å². The molecule has 0 aliphatic heterocycles. The topological polar surface area (TPSA) is 79.8 Å². The Balaban J connectivity index is 2.52. The quantitative estimate of drug-likeness (QED) is 0.348. The standard InChI is InChI=1S/C18H37N3O3S/c1-7-9-11-24-16-13-15(18(16,4)5)21-17(19-8-2)20-14(3)10-12-25(6,22)23/h14-16H,7-13H2,1-6H3,(H2,19,20,21). The third kappa shape index (κ3) is 7.52. The molecular formula is C18H37N3O3S. The number of nitrogens with zero attached hydrogens (tertiary/aromatic N) is 1. The van der Waals surface area contributed by atoms with Gasteiger partial charge in [0.25, 0.3) is 0 Å². The molecule has 0 radical (unpaired) electrons. The normalized spacial score (nSPS) is 24.5. The highest BCUT2D eigenvalue weighted by Crippen LogP contribution is 2.42. The average Bonchev–Trinajstić information content (AvgIpc) is 2.51. The van der Waals surface area contributed by atoms with Crippen LogP contribution in [0.15, 0.2) is 4.99 Å². The maximum absolute atomic E-state index is 11.3. The van der Waals surface area contributed by atoms with Crippen LogP contribution in [0.4, 0.5) is 0 Å². The van der Waals surface area contributed by atoms with Crippen molar-refractivity contribution < 1.29 is 13.2 Å². The van der Waals surface area contributed by atoms with Crippen molar-refractivity contribution in [1.29, 1.82) is 0 Å². The van der Waals surface area contributed by atoms with Gasteiger partial charge in [-0.3, -0.25) is 4.99 Å². The Morgan fingerprint density at radius 2 is 2.04 bits per heavy atom. The lowest BCUT2D eigenvalue weighted by Crippen LogP contribution is -2.64. The summed E-state index contributed by atoms with van der Waals surface area (Å²) in [5.41, 5.74) is 0.0555. The SMILES string of the molecule is CCCCOC1CC(NC(=NCC)NC(C)CCS(C)(=O)=O)C1(C)C. The Morgan fingerprint density at radius 3 is 2.56 bits per heavy atom. The fourth-order valence-electron chi connectivity index (χ4n) is 2.94. The van der Waals surface area contributed by atoms with Gasteiger partial charge in [-0.05, 0) is 33.1 Å². The van der Waals surface area contributed by atoms with Crippen LogP contribution in [0, 0.1) is 5.41 Å². The van der Waals surface area contributed by atoms with Crippen molar-refractivity contribution in [1.82, 2.24) is 10.6 Å². The smallest absolute Gasteiger partial charge is 0.191 e. The van der Waals surface area contributed by atoms with Crippen molar-refractivity contribution in [2.24, 2.45) is 10.4 Å². The van der Waals surface area contributed by atoms with Crippen LogP contribution in [0.25, 0.3) is 0 Å². The Kier molecular flexibility index (Phi) is 8.68. The van der Waals surface area contributed by atoms with Crippen LogP contribution in [0.1, 0.15) is 60.3 Å². The zero-order valence-electron chi connectivity index (χ0n) is 16.8. The van der Waals surface area contributed by atoms with Crippen LogP contribution < -0.4 is 10.6 Å². The third-order valence-electron chi connectivity index (χ3n) is 4.93. The van der Waals surface area contributed by atoms with Crippen LogP contribution in [-0.4, -0.2) is 57.7 Å². The van der Waals surface area contributed by atoms with Gasteiger partial charge >= 0.3 is 0 Å². The molecule has 25 heavy (non-hydrogen) atoms. The summed E-state index contributed by atoms with van der Waals surface area (Å²) in [6.45, 7) is 12.1. The molecule has 1 aliphatic rings. The molecule has 0 bridgehead atoms. The lowest BCUT2D eigenvalue weighted by Gasteiger charge is -2.52. The number of hydrogen-bond acceptors (Lipinski definition) is 4. The predicted octanol–water partition coefficient (Wildman–Crippen LogP) is 2.35. The molecule has 3 atom stereocenters. The van der Waals surface area contributed by atoms with Gasteiger partial charge in [0.1, 0.15) is 9.84 Å². The van der Waals surface area contributed by atoms with E-state index in [1.165, 1.54) is 6.26 Å². The highest BCUT2D eigenvalue weighted by molar-refractivity contribution is 7.90. The van der Waals surface area contributed by atoms with Crippen molar-refractivity contribution in [2.75, 3.05) is 25.2 Å². The molecule has 1 aliphatic carbocycles. The number of aliphatic imine (C=N–C) groups is 1. The number of nitrogens with one attached hydrogen (secondary N) is 2. The molecule has 0 aromatic carbocycles. The lowest BCUT2D eigenvalue weighted by atomic mass is 9.64. The van der Waals surface area contributed by atoms with E-state index in [-0.39, 0.29) is 23.3 Å². The van der Waals surface area contributed by atoms with Crippen LogP contribution >= 0.6 is 0 Å². The monoisotopic (exact) mass is 375 g/mol. The lowest BCUT2D eigenvalue weighted by molar-refractivity contribution is -0.113. The van der Waals surface area contributed by atoms with Gasteiger partial charge in [-0.25, -0.2) is 8.42 Å². The second kappa shape index (κ2) is 9.76. The van der Waals surface area contributed by atoms with Crippen molar-refractivity contribution in [3.05, 3.63) is 0 Å². The molecule has 0 amide bonds. The van der Waals surface area contributed by atoms with Gasteiger partial charge in [-0.2, -0.15) is 0 Å². The molecule has 1 rings (SSSR count). The first-order valence-corrected chi connectivity index (χ1v) is 11.5. The van der Waals surface area contributed by atoms with E-state index in [9.17, 15) is 8.42 Å². The summed E-state index contributed by atoms with van der Waals surface area (Å²) >= 11 is 0. The first-order valence-electron chi connectivity index (χ1n) is 9.47. The molecule has 0 aromatic rings. The van der Waals surface area contributed by atoms with Crippen LogP contribution in [0.2, 0.25) is 0 Å². The number of unbranched alkanes of at least 4 members (excludes halogenated alkanes) is 1. The Hall–Kier alpha value is -0.820. The molecule has 1 saturated carbocycles. The maximum Gasteiger partial charge on any atom is 0.191 e. The summed E-state index contributed by atoms with van der Waals surface area (Å²) in [6.07, 6.45) is 5.35. The molecule has 0 heterocycles. The number of ether oxygens (including phenoxy) is 1. The molecule has 2 N–H and O–H groups in total. The zero-order valence-corrected chi connectivity index (χ0v) is 17.6. The fraction of sp³-hybridized carbons (Fsp3) is 0.944. The summed E-state index contributed by atoms with van der Waals surface area (Å²) in [4.78, 5) is 4.50. The van der Waals surface area contributed by atoms with Crippen molar-refractivity contribution >= 4 is 15.8 Å². The zero-order chi connectivity index (χ0) is 19.1. The molecule has 1 fully saturated rings. The van der Waals surface area contributed by atoms with E-state index in [4.69, 9.17) is 4.74 Å². The number of rotatable bonds is 10. The predicted molar refractivity (Wildman–Crippen MR) is 105 cm³/mol. The van der Waals surface area contributed by atoms with Gasteiger partial charge in [-0.1, -0.05) is 27.2 Å². The second-order valence-corrected chi connectivity index (χ2v) is 10.0. The molecule has 6 nitrogen and oxygen atoms in total. The van der Waals surface area contributed by atoms with E-state index in [0.717, 1.165) is 31.8 Å². The second-order valence-electron chi connectivity index (χ2n) is 7.75. The summed E-state index contributed by atoms with van der Waals surface area (Å²) in [6, 6.07) is 0.353. The van der Waals surface area contributed by atoms with Crippen molar-refractivity contribution in [3.63, 3.8) is 0 Å². The molecule has 0 saturated heterocycles. The van der Waals surface area contributed by atoms with E-state index in [2.05, 4.69) is 36.4 Å². The number of hydrogen-bond donors (Lipinski definition) is 2. The largest absolute Gasteiger partial charge is 0.378 e. The van der Waals surface area contributed by atoms with Crippen molar-refractivity contribution in [2.45, 2.75) is 78.5 Å². The maximum atomic E-state index is 11.3. The van der Waals surface area contributed by atoms with Crippen LogP contribution in [0.3, 0.4) is 0 Å². The minimum atomic E-state index is -2.94. The summed E-state index contributed by atoms with van der Waals surface area (Å²) in [5.74, 6) is 0.941. The van der Waals surface area contributed by atoms with E-state index in [1.807, 2.05) is 13.8 Å². The highest BCUT2D eigenvalue weighted by Gasteiger charge is 2.49. The Labute approximate surface area is 154 Å². The minimum absolute atomic E-state index is 0.0484. The summed E-state index contributed by atoms with van der Waals surface area (Å²) < 4.78 is 28.6. The molecular weight excluding hydrogens is 338 g/mol. The number of guanidine groups is 1. The van der Waals surface area contributed by atoms with E-state index < -0.39 is 9.84 Å². The van der Waals surface area contributed by atoms with Gasteiger partial charge in [0, 0.05) is 36.9 Å². The van der Waals surface area contributed by atoms with Crippen LogP contribution in [-0.2, 0) is 14.6 Å². The first-order chi connectivity index (χ1) is 11.6. The molecule has 3 unspecified atom stereocenters. The third-order valence-corrected chi connectivity index (χ3v) is 5.90. The van der Waals surface area contributed by atoms with Crippen molar-refractivity contribution in [3.8, 4) is 0 Å². The summed E-state index contributed by atoms with van der Waals surface area (Å²) in [7, 11) is -2.94. The van der Waals surface area contributed by atoms with Crippen LogP contribution in [0.5, 0.6) is 0 Å². The molecule has 148 valence electrons. The highest BCUT2D eigenvalue weighted by atomic mass is 32.2. The van der Waals surface area contributed by atoms with Gasteiger partial charge in [-0.15, -0.1) is 0 Å².